The van der Waals surface area contributed by atoms with Gasteiger partial charge in [-0.1, -0.05) is 60.7 Å². The maximum atomic E-state index is 13.0. The zero-order valence-corrected chi connectivity index (χ0v) is 17.2. The first kappa shape index (κ1) is 20.9. The molecule has 3 aromatic carbocycles. The van der Waals surface area contributed by atoms with Gasteiger partial charge in [-0.05, 0) is 23.3 Å². The summed E-state index contributed by atoms with van der Waals surface area (Å²) in [7, 11) is 4.64. The first-order valence-corrected chi connectivity index (χ1v) is 9.40. The van der Waals surface area contributed by atoms with Gasteiger partial charge >= 0.3 is 0 Å². The van der Waals surface area contributed by atoms with E-state index in [2.05, 4.69) is 10.5 Å². The van der Waals surface area contributed by atoms with Gasteiger partial charge in [0.15, 0.2) is 11.5 Å². The van der Waals surface area contributed by atoms with E-state index in [4.69, 9.17) is 14.2 Å². The molecular formula is C24H24N2O4. The highest BCUT2D eigenvalue weighted by atomic mass is 16.5. The Balaban J connectivity index is 1.83. The molecule has 0 aromatic heterocycles. The average molecular weight is 404 g/mol. The van der Waals surface area contributed by atoms with Gasteiger partial charge in [-0.3, -0.25) is 4.79 Å². The number of carbonyl (C=O) groups excluding carboxylic acids is 1. The third-order valence-electron chi connectivity index (χ3n) is 4.60. The van der Waals surface area contributed by atoms with Crippen LogP contribution in [-0.4, -0.2) is 33.5 Å². The number of ether oxygens (including phenoxy) is 3. The zero-order valence-electron chi connectivity index (χ0n) is 17.2. The summed E-state index contributed by atoms with van der Waals surface area (Å²) in [5.41, 5.74) is 5.13. The second-order valence-electron chi connectivity index (χ2n) is 6.45. The molecule has 0 spiro atoms. The maximum Gasteiger partial charge on any atom is 0.252 e. The van der Waals surface area contributed by atoms with Crippen molar-refractivity contribution in [3.63, 3.8) is 0 Å². The van der Waals surface area contributed by atoms with Crippen LogP contribution < -0.4 is 19.6 Å². The summed E-state index contributed by atoms with van der Waals surface area (Å²) in [4.78, 5) is 13.0. The molecule has 0 radical (unpaired) electrons. The Morgan fingerprint density at radius 3 is 1.77 bits per heavy atom. The minimum absolute atomic E-state index is 0.226. The van der Waals surface area contributed by atoms with Crippen molar-refractivity contribution in [2.75, 3.05) is 21.3 Å². The van der Waals surface area contributed by atoms with Crippen molar-refractivity contribution in [1.29, 1.82) is 0 Å². The van der Waals surface area contributed by atoms with E-state index in [0.29, 0.717) is 22.8 Å². The van der Waals surface area contributed by atoms with E-state index in [1.54, 1.807) is 33.5 Å². The largest absolute Gasteiger partial charge is 0.493 e. The van der Waals surface area contributed by atoms with Gasteiger partial charge in [0.05, 0.1) is 33.5 Å². The Labute approximate surface area is 176 Å². The van der Waals surface area contributed by atoms with Gasteiger partial charge in [0, 0.05) is 5.56 Å². The van der Waals surface area contributed by atoms with Crippen molar-refractivity contribution < 1.29 is 19.0 Å². The van der Waals surface area contributed by atoms with Crippen molar-refractivity contribution in [1.82, 2.24) is 5.43 Å². The van der Waals surface area contributed by atoms with Crippen molar-refractivity contribution in [3.8, 4) is 17.2 Å². The van der Waals surface area contributed by atoms with Crippen LogP contribution in [0.2, 0.25) is 0 Å². The Kier molecular flexibility index (Phi) is 7.05. The molecule has 3 rings (SSSR count). The molecule has 0 fully saturated rings. The molecule has 0 saturated heterocycles. The van der Waals surface area contributed by atoms with Crippen molar-refractivity contribution >= 4 is 12.1 Å². The van der Waals surface area contributed by atoms with Crippen molar-refractivity contribution in [2.24, 2.45) is 5.10 Å². The Bertz CT molecular complexity index is 940. The summed E-state index contributed by atoms with van der Waals surface area (Å²) in [6.45, 7) is 0. The standard InChI is InChI=1S/C24H24N2O4/c1-28-20-14-17(15-21(29-2)23(20)30-3)16-25-26-24(27)22(18-10-6-4-7-11-18)19-12-8-5-9-13-19/h4-16,22H,1-3H3,(H,26,27)/b25-16+. The van der Waals surface area contributed by atoms with Crippen LogP contribution in [0.3, 0.4) is 0 Å². The van der Waals surface area contributed by atoms with Crippen LogP contribution in [0.5, 0.6) is 17.2 Å². The third kappa shape index (κ3) is 4.78. The fourth-order valence-corrected chi connectivity index (χ4v) is 3.20. The summed E-state index contributed by atoms with van der Waals surface area (Å²) in [6.07, 6.45) is 1.54. The molecule has 0 aliphatic heterocycles. The molecule has 1 N–H and O–H groups in total. The fraction of sp³-hybridized carbons (Fsp3) is 0.167. The van der Waals surface area contributed by atoms with E-state index < -0.39 is 5.92 Å². The Morgan fingerprint density at radius 1 is 0.833 bits per heavy atom. The number of carbonyl (C=O) groups is 1. The number of nitrogens with one attached hydrogen (secondary N) is 1. The van der Waals surface area contributed by atoms with Crippen LogP contribution >= 0.6 is 0 Å². The second-order valence-corrected chi connectivity index (χ2v) is 6.45. The lowest BCUT2D eigenvalue weighted by molar-refractivity contribution is -0.121. The minimum atomic E-state index is -0.468. The number of benzene rings is 3. The highest BCUT2D eigenvalue weighted by molar-refractivity contribution is 5.89. The van der Waals surface area contributed by atoms with E-state index in [1.807, 2.05) is 60.7 Å². The normalized spacial score (nSPS) is 10.8. The second kappa shape index (κ2) is 10.1. The Hall–Kier alpha value is -3.80. The van der Waals surface area contributed by atoms with Gasteiger partial charge in [0.1, 0.15) is 0 Å². The quantitative estimate of drug-likeness (QED) is 0.455. The summed E-state index contributed by atoms with van der Waals surface area (Å²) < 4.78 is 16.0. The smallest absolute Gasteiger partial charge is 0.252 e. The molecule has 30 heavy (non-hydrogen) atoms. The third-order valence-corrected chi connectivity index (χ3v) is 4.60. The summed E-state index contributed by atoms with van der Waals surface area (Å²) in [5, 5.41) is 4.14. The van der Waals surface area contributed by atoms with Crippen molar-refractivity contribution in [2.45, 2.75) is 5.92 Å². The molecule has 0 atom stereocenters. The highest BCUT2D eigenvalue weighted by Crippen LogP contribution is 2.37. The van der Waals surface area contributed by atoms with Crippen LogP contribution in [-0.2, 0) is 4.79 Å². The SMILES string of the molecule is COc1cc(/C=N/NC(=O)C(c2ccccc2)c2ccccc2)cc(OC)c1OC. The fourth-order valence-electron chi connectivity index (χ4n) is 3.20. The number of nitrogens with zero attached hydrogens (tertiary/aromatic N) is 1. The van der Waals surface area contributed by atoms with Gasteiger partial charge < -0.3 is 14.2 Å². The van der Waals surface area contributed by atoms with E-state index in [0.717, 1.165) is 11.1 Å². The number of amides is 1. The molecule has 0 aliphatic rings. The predicted octanol–water partition coefficient (Wildman–Crippen LogP) is 3.99. The molecule has 6 nitrogen and oxygen atoms in total. The molecule has 3 aromatic rings. The molecule has 0 heterocycles. The van der Waals surface area contributed by atoms with Gasteiger partial charge in [0.25, 0.3) is 5.91 Å². The lowest BCUT2D eigenvalue weighted by Gasteiger charge is -2.16. The lowest BCUT2D eigenvalue weighted by atomic mass is 9.91. The first-order valence-electron chi connectivity index (χ1n) is 9.40. The topological polar surface area (TPSA) is 69.2 Å². The van der Waals surface area contributed by atoms with Crippen LogP contribution in [0.1, 0.15) is 22.6 Å². The van der Waals surface area contributed by atoms with E-state index >= 15 is 0 Å². The van der Waals surface area contributed by atoms with Crippen LogP contribution in [0.25, 0.3) is 0 Å². The van der Waals surface area contributed by atoms with E-state index in [1.165, 1.54) is 6.21 Å². The Morgan fingerprint density at radius 2 is 1.33 bits per heavy atom. The number of hydrogen-bond donors (Lipinski definition) is 1. The average Bonchev–Trinajstić information content (AvgIpc) is 2.80. The zero-order chi connectivity index (χ0) is 21.3. The molecule has 6 heteroatoms. The summed E-state index contributed by atoms with van der Waals surface area (Å²) in [5.74, 6) is 0.821. The highest BCUT2D eigenvalue weighted by Gasteiger charge is 2.22. The van der Waals surface area contributed by atoms with Crippen LogP contribution in [0, 0.1) is 0 Å². The summed E-state index contributed by atoms with van der Waals surface area (Å²) in [6, 6.07) is 22.7. The van der Waals surface area contributed by atoms with Gasteiger partial charge in [-0.2, -0.15) is 5.10 Å². The number of hydrazone groups is 1. The van der Waals surface area contributed by atoms with Crippen molar-refractivity contribution in [3.05, 3.63) is 89.5 Å². The minimum Gasteiger partial charge on any atom is -0.493 e. The van der Waals surface area contributed by atoms with Gasteiger partial charge in [-0.15, -0.1) is 0 Å². The van der Waals surface area contributed by atoms with E-state index in [-0.39, 0.29) is 5.91 Å². The summed E-state index contributed by atoms with van der Waals surface area (Å²) >= 11 is 0. The molecule has 154 valence electrons. The molecule has 0 bridgehead atoms. The van der Waals surface area contributed by atoms with Gasteiger partial charge in [-0.25, -0.2) is 5.43 Å². The number of methoxy groups -OCH3 is 3. The molecule has 0 unspecified atom stereocenters. The molecular weight excluding hydrogens is 380 g/mol. The molecule has 0 aliphatic carbocycles. The monoisotopic (exact) mass is 404 g/mol. The lowest BCUT2D eigenvalue weighted by Crippen LogP contribution is -2.26. The van der Waals surface area contributed by atoms with E-state index in [9.17, 15) is 4.79 Å². The number of rotatable bonds is 8. The first-order chi connectivity index (χ1) is 14.7. The maximum absolute atomic E-state index is 13.0. The van der Waals surface area contributed by atoms with Gasteiger partial charge in [0.2, 0.25) is 5.75 Å². The van der Waals surface area contributed by atoms with Crippen LogP contribution in [0.4, 0.5) is 0 Å². The molecule has 0 saturated carbocycles. The predicted molar refractivity (Wildman–Crippen MR) is 117 cm³/mol. The number of hydrogen-bond acceptors (Lipinski definition) is 5. The van der Waals surface area contributed by atoms with Crippen LogP contribution in [0.15, 0.2) is 77.9 Å². The molecule has 1 amide bonds.